The van der Waals surface area contributed by atoms with E-state index in [9.17, 15) is 13.2 Å². The van der Waals surface area contributed by atoms with Crippen molar-refractivity contribution in [2.24, 2.45) is 0 Å². The predicted octanol–water partition coefficient (Wildman–Crippen LogP) is 3.51. The van der Waals surface area contributed by atoms with Crippen LogP contribution in [0.15, 0.2) is 45.7 Å². The SMILES string of the molecule is COc1ccc(S(=O)(=O)N2CCN(C(=O)c3oc4c(C)ccc(C)c4c3C)CC2)cc1. The van der Waals surface area contributed by atoms with Gasteiger partial charge in [0.2, 0.25) is 10.0 Å². The average Bonchev–Trinajstić information content (AvgIpc) is 3.14. The van der Waals surface area contributed by atoms with Gasteiger partial charge in [-0.15, -0.1) is 0 Å². The number of carbonyl (C=O) groups is 1. The zero-order valence-electron chi connectivity index (χ0n) is 18.1. The van der Waals surface area contributed by atoms with E-state index in [4.69, 9.17) is 9.15 Å². The molecule has 0 atom stereocenters. The molecule has 0 spiro atoms. The van der Waals surface area contributed by atoms with Crippen molar-refractivity contribution in [1.29, 1.82) is 0 Å². The molecule has 1 aliphatic rings. The molecule has 3 aromatic rings. The zero-order chi connectivity index (χ0) is 22.3. The molecule has 1 saturated heterocycles. The number of amides is 1. The van der Waals surface area contributed by atoms with Gasteiger partial charge in [0.05, 0.1) is 12.0 Å². The molecule has 8 heteroatoms. The summed E-state index contributed by atoms with van der Waals surface area (Å²) in [6.07, 6.45) is 0. The first kappa shape index (κ1) is 21.4. The number of hydrogen-bond acceptors (Lipinski definition) is 5. The van der Waals surface area contributed by atoms with Crippen LogP contribution < -0.4 is 4.74 Å². The van der Waals surface area contributed by atoms with E-state index in [-0.39, 0.29) is 23.9 Å². The number of rotatable bonds is 4. The summed E-state index contributed by atoms with van der Waals surface area (Å²) in [6.45, 7) is 6.94. The monoisotopic (exact) mass is 442 g/mol. The predicted molar refractivity (Wildman–Crippen MR) is 118 cm³/mol. The van der Waals surface area contributed by atoms with E-state index in [0.29, 0.717) is 24.6 Å². The van der Waals surface area contributed by atoms with Crippen LogP contribution >= 0.6 is 0 Å². The molecule has 31 heavy (non-hydrogen) atoms. The van der Waals surface area contributed by atoms with Crippen molar-refractivity contribution in [3.8, 4) is 5.75 Å². The van der Waals surface area contributed by atoms with Crippen LogP contribution in [0.2, 0.25) is 0 Å². The highest BCUT2D eigenvalue weighted by Gasteiger charge is 2.32. The van der Waals surface area contributed by atoms with Crippen molar-refractivity contribution >= 4 is 26.9 Å². The van der Waals surface area contributed by atoms with Crippen LogP contribution in [-0.4, -0.2) is 56.8 Å². The van der Waals surface area contributed by atoms with Gasteiger partial charge in [0.15, 0.2) is 5.76 Å². The van der Waals surface area contributed by atoms with E-state index >= 15 is 0 Å². The maximum Gasteiger partial charge on any atom is 0.289 e. The molecule has 0 saturated carbocycles. The first-order valence-corrected chi connectivity index (χ1v) is 11.6. The normalized spacial score (nSPS) is 15.4. The van der Waals surface area contributed by atoms with Crippen molar-refractivity contribution in [2.45, 2.75) is 25.7 Å². The Morgan fingerprint density at radius 2 is 1.55 bits per heavy atom. The van der Waals surface area contributed by atoms with Gasteiger partial charge in [-0.25, -0.2) is 8.42 Å². The van der Waals surface area contributed by atoms with Crippen LogP contribution in [0.25, 0.3) is 11.0 Å². The largest absolute Gasteiger partial charge is 0.497 e. The number of hydrogen-bond donors (Lipinski definition) is 0. The standard InChI is InChI=1S/C23H26N2O5S/c1-15-5-6-16(2)21-20(15)17(3)22(30-21)23(26)24-11-13-25(14-12-24)31(27,28)19-9-7-18(29-4)8-10-19/h5-10H,11-14H2,1-4H3. The highest BCUT2D eigenvalue weighted by atomic mass is 32.2. The number of fused-ring (bicyclic) bond motifs is 1. The highest BCUT2D eigenvalue weighted by Crippen LogP contribution is 2.31. The van der Waals surface area contributed by atoms with Gasteiger partial charge in [-0.3, -0.25) is 4.79 Å². The zero-order valence-corrected chi connectivity index (χ0v) is 19.0. The first-order valence-electron chi connectivity index (χ1n) is 10.2. The number of sulfonamides is 1. The fourth-order valence-electron chi connectivity index (χ4n) is 4.05. The molecular weight excluding hydrogens is 416 g/mol. The van der Waals surface area contributed by atoms with Crippen molar-refractivity contribution in [2.75, 3.05) is 33.3 Å². The van der Waals surface area contributed by atoms with Crippen LogP contribution in [0, 0.1) is 20.8 Å². The highest BCUT2D eigenvalue weighted by molar-refractivity contribution is 7.89. The second kappa shape index (κ2) is 8.01. The lowest BCUT2D eigenvalue weighted by Crippen LogP contribution is -2.50. The molecule has 1 aromatic heterocycles. The Hall–Kier alpha value is -2.84. The van der Waals surface area contributed by atoms with E-state index < -0.39 is 10.0 Å². The van der Waals surface area contributed by atoms with Crippen LogP contribution in [0.3, 0.4) is 0 Å². The Morgan fingerprint density at radius 1 is 0.935 bits per heavy atom. The molecule has 2 aromatic carbocycles. The van der Waals surface area contributed by atoms with Gasteiger partial charge >= 0.3 is 0 Å². The maximum atomic E-state index is 13.2. The van der Waals surface area contributed by atoms with Gasteiger partial charge in [0, 0.05) is 37.1 Å². The van der Waals surface area contributed by atoms with E-state index in [1.807, 2.05) is 32.9 Å². The minimum atomic E-state index is -3.62. The quantitative estimate of drug-likeness (QED) is 0.618. The second-order valence-corrected chi connectivity index (χ2v) is 9.77. The minimum absolute atomic E-state index is 0.200. The lowest BCUT2D eigenvalue weighted by Gasteiger charge is -2.33. The number of benzene rings is 2. The van der Waals surface area contributed by atoms with Crippen molar-refractivity contribution in [3.05, 3.63) is 58.8 Å². The Morgan fingerprint density at radius 3 is 2.13 bits per heavy atom. The third kappa shape index (κ3) is 3.70. The number of nitrogens with zero attached hydrogens (tertiary/aromatic N) is 2. The van der Waals surface area contributed by atoms with Gasteiger partial charge in [0.25, 0.3) is 5.91 Å². The van der Waals surface area contributed by atoms with Gasteiger partial charge in [0.1, 0.15) is 11.3 Å². The molecular formula is C23H26N2O5S. The Balaban J connectivity index is 1.52. The number of furan rings is 1. The summed E-state index contributed by atoms with van der Waals surface area (Å²) in [5, 5.41) is 0.976. The molecule has 0 bridgehead atoms. The number of ether oxygens (including phenoxy) is 1. The van der Waals surface area contributed by atoms with Crippen LogP contribution in [0.1, 0.15) is 27.2 Å². The number of carbonyl (C=O) groups excluding carboxylic acids is 1. The lowest BCUT2D eigenvalue weighted by molar-refractivity contribution is 0.0667. The van der Waals surface area contributed by atoms with Crippen LogP contribution in [-0.2, 0) is 10.0 Å². The summed E-state index contributed by atoms with van der Waals surface area (Å²) in [6, 6.07) is 10.3. The third-order valence-electron chi connectivity index (χ3n) is 5.90. The fourth-order valence-corrected chi connectivity index (χ4v) is 5.47. The molecule has 0 aliphatic carbocycles. The Labute approximate surface area is 182 Å². The van der Waals surface area contributed by atoms with E-state index in [1.54, 1.807) is 17.0 Å². The van der Waals surface area contributed by atoms with Crippen molar-refractivity contribution in [3.63, 3.8) is 0 Å². The lowest BCUT2D eigenvalue weighted by atomic mass is 10.0. The van der Waals surface area contributed by atoms with E-state index in [0.717, 1.165) is 27.7 Å². The van der Waals surface area contributed by atoms with Gasteiger partial charge < -0.3 is 14.1 Å². The minimum Gasteiger partial charge on any atom is -0.497 e. The smallest absolute Gasteiger partial charge is 0.289 e. The topological polar surface area (TPSA) is 80.1 Å². The molecule has 2 heterocycles. The summed E-state index contributed by atoms with van der Waals surface area (Å²) in [4.78, 5) is 15.0. The van der Waals surface area contributed by atoms with E-state index in [2.05, 4.69) is 0 Å². The molecule has 0 radical (unpaired) electrons. The summed E-state index contributed by atoms with van der Waals surface area (Å²) < 4.78 is 38.4. The Bertz CT molecular complexity index is 1240. The first-order chi connectivity index (χ1) is 14.7. The summed E-state index contributed by atoms with van der Waals surface area (Å²) in [5.74, 6) is 0.730. The number of methoxy groups -OCH3 is 1. The van der Waals surface area contributed by atoms with Gasteiger partial charge in [-0.1, -0.05) is 12.1 Å². The third-order valence-corrected chi connectivity index (χ3v) is 7.81. The number of piperazine rings is 1. The fraction of sp³-hybridized carbons (Fsp3) is 0.348. The van der Waals surface area contributed by atoms with Crippen LogP contribution in [0.5, 0.6) is 5.75 Å². The molecule has 0 N–H and O–H groups in total. The number of aryl methyl sites for hydroxylation is 3. The summed E-state index contributed by atoms with van der Waals surface area (Å²) in [7, 11) is -2.09. The molecule has 0 unspecified atom stereocenters. The maximum absolute atomic E-state index is 13.2. The summed E-state index contributed by atoms with van der Waals surface area (Å²) in [5.41, 5.74) is 3.62. The Kier molecular flexibility index (Phi) is 5.53. The van der Waals surface area contributed by atoms with Gasteiger partial charge in [-0.2, -0.15) is 4.31 Å². The van der Waals surface area contributed by atoms with Gasteiger partial charge in [-0.05, 0) is 56.2 Å². The molecule has 164 valence electrons. The molecule has 1 amide bonds. The van der Waals surface area contributed by atoms with E-state index in [1.165, 1.54) is 23.5 Å². The molecule has 1 aliphatic heterocycles. The molecule has 4 rings (SSSR count). The van der Waals surface area contributed by atoms with Crippen LogP contribution in [0.4, 0.5) is 0 Å². The average molecular weight is 443 g/mol. The van der Waals surface area contributed by atoms with Crippen molar-refractivity contribution < 1.29 is 22.4 Å². The summed E-state index contributed by atoms with van der Waals surface area (Å²) >= 11 is 0. The van der Waals surface area contributed by atoms with Crippen molar-refractivity contribution in [1.82, 2.24) is 9.21 Å². The second-order valence-electron chi connectivity index (χ2n) is 7.83. The molecule has 7 nitrogen and oxygen atoms in total. The molecule has 1 fully saturated rings.